The normalized spacial score (nSPS) is 25.8. The van der Waals surface area contributed by atoms with Crippen LogP contribution < -0.4 is 0 Å². The van der Waals surface area contributed by atoms with Crippen molar-refractivity contribution in [1.29, 1.82) is 0 Å². The number of hydrogen-bond acceptors (Lipinski definition) is 3. The summed E-state index contributed by atoms with van der Waals surface area (Å²) in [5.41, 5.74) is 2.19. The number of ether oxygens (including phenoxy) is 3. The molecule has 0 spiro atoms. The van der Waals surface area contributed by atoms with Crippen molar-refractivity contribution >= 4 is 0 Å². The van der Waals surface area contributed by atoms with Gasteiger partial charge in [-0.25, -0.2) is 0 Å². The number of hydrogen-bond donors (Lipinski definition) is 0. The Morgan fingerprint density at radius 2 is 1.94 bits per heavy atom. The summed E-state index contributed by atoms with van der Waals surface area (Å²) in [6.07, 6.45) is -0.290. The minimum atomic E-state index is -0.220. The van der Waals surface area contributed by atoms with Crippen LogP contribution in [-0.4, -0.2) is 25.1 Å². The van der Waals surface area contributed by atoms with Crippen LogP contribution in [0.4, 0.5) is 0 Å². The molecule has 3 atom stereocenters. The molecule has 0 aromatic heterocycles. The van der Waals surface area contributed by atoms with E-state index in [4.69, 9.17) is 14.2 Å². The Morgan fingerprint density at radius 3 is 2.44 bits per heavy atom. The quantitative estimate of drug-likeness (QED) is 0.573. The van der Waals surface area contributed by atoms with E-state index in [1.54, 1.807) is 0 Å². The summed E-state index contributed by atoms with van der Waals surface area (Å²) >= 11 is 0. The lowest BCUT2D eigenvalue weighted by Gasteiger charge is -2.25. The predicted octanol–water partition coefficient (Wildman–Crippen LogP) is 3.22. The van der Waals surface area contributed by atoms with E-state index in [1.165, 1.54) is 5.56 Å². The van der Waals surface area contributed by atoms with Gasteiger partial charge in [-0.05, 0) is 33.3 Å². The third kappa shape index (κ3) is 3.10. The fourth-order valence-electron chi connectivity index (χ4n) is 2.05. The lowest BCUT2D eigenvalue weighted by molar-refractivity contribution is -0.173. The Morgan fingerprint density at radius 1 is 1.33 bits per heavy atom. The molecule has 1 aromatic rings. The molecule has 1 heterocycles. The van der Waals surface area contributed by atoms with Crippen molar-refractivity contribution in [2.75, 3.05) is 13.2 Å². The average Bonchev–Trinajstić information content (AvgIpc) is 3.07. The van der Waals surface area contributed by atoms with Gasteiger partial charge in [0.05, 0.1) is 6.61 Å². The molecule has 1 aliphatic rings. The van der Waals surface area contributed by atoms with Gasteiger partial charge in [0.2, 0.25) is 0 Å². The van der Waals surface area contributed by atoms with E-state index >= 15 is 0 Å². The molecular weight excluding hydrogens is 228 g/mol. The molecule has 100 valence electrons. The molecule has 0 radical (unpaired) electrons. The highest BCUT2D eigenvalue weighted by atomic mass is 16.7. The van der Waals surface area contributed by atoms with Gasteiger partial charge in [0.25, 0.3) is 0 Å². The first kappa shape index (κ1) is 13.5. The largest absolute Gasteiger partial charge is 0.367 e. The minimum absolute atomic E-state index is 0.0698. The van der Waals surface area contributed by atoms with Crippen LogP contribution >= 0.6 is 0 Å². The smallest absolute Gasteiger partial charge is 0.155 e. The van der Waals surface area contributed by atoms with Crippen LogP contribution in [0.2, 0.25) is 0 Å². The molecule has 0 amide bonds. The highest BCUT2D eigenvalue weighted by Gasteiger charge is 2.49. The van der Waals surface area contributed by atoms with Gasteiger partial charge in [-0.15, -0.1) is 0 Å². The first-order valence-electron chi connectivity index (χ1n) is 6.53. The molecular formula is C15H22O3. The van der Waals surface area contributed by atoms with Crippen molar-refractivity contribution < 1.29 is 14.2 Å². The van der Waals surface area contributed by atoms with E-state index < -0.39 is 0 Å². The van der Waals surface area contributed by atoms with E-state index in [0.29, 0.717) is 6.61 Å². The molecule has 2 rings (SSSR count). The van der Waals surface area contributed by atoms with Gasteiger partial charge in [-0.2, -0.15) is 0 Å². The SMILES string of the molecule is CCOC(C)O[C@H](c1ccc(C)cc1)[C@]1(C)CO1. The van der Waals surface area contributed by atoms with Gasteiger partial charge in [0, 0.05) is 6.61 Å². The maximum atomic E-state index is 6.00. The van der Waals surface area contributed by atoms with Crippen LogP contribution in [0.15, 0.2) is 24.3 Å². The molecule has 3 heteroatoms. The van der Waals surface area contributed by atoms with E-state index in [9.17, 15) is 0 Å². The molecule has 0 aliphatic carbocycles. The van der Waals surface area contributed by atoms with Gasteiger partial charge < -0.3 is 14.2 Å². The Hall–Kier alpha value is -0.900. The zero-order chi connectivity index (χ0) is 13.2. The van der Waals surface area contributed by atoms with Crippen LogP contribution in [-0.2, 0) is 14.2 Å². The van der Waals surface area contributed by atoms with Crippen LogP contribution in [0, 0.1) is 6.92 Å². The maximum absolute atomic E-state index is 6.00. The molecule has 1 fully saturated rings. The summed E-state index contributed by atoms with van der Waals surface area (Å²) in [4.78, 5) is 0. The van der Waals surface area contributed by atoms with Crippen molar-refractivity contribution in [3.05, 3.63) is 35.4 Å². The second-order valence-electron chi connectivity index (χ2n) is 5.05. The van der Waals surface area contributed by atoms with E-state index in [0.717, 1.165) is 12.2 Å². The molecule has 1 aromatic carbocycles. The van der Waals surface area contributed by atoms with Crippen LogP contribution in [0.1, 0.15) is 38.0 Å². The zero-order valence-corrected chi connectivity index (χ0v) is 11.6. The molecule has 1 saturated heterocycles. The zero-order valence-electron chi connectivity index (χ0n) is 11.6. The second-order valence-corrected chi connectivity index (χ2v) is 5.05. The maximum Gasteiger partial charge on any atom is 0.155 e. The Kier molecular flexibility index (Phi) is 4.05. The van der Waals surface area contributed by atoms with E-state index in [2.05, 4.69) is 38.1 Å². The first-order valence-corrected chi connectivity index (χ1v) is 6.53. The molecule has 3 nitrogen and oxygen atoms in total. The Labute approximate surface area is 109 Å². The van der Waals surface area contributed by atoms with Gasteiger partial charge >= 0.3 is 0 Å². The summed E-state index contributed by atoms with van der Waals surface area (Å²) in [7, 11) is 0. The molecule has 0 saturated carbocycles. The second kappa shape index (κ2) is 5.39. The summed E-state index contributed by atoms with van der Waals surface area (Å²) in [6, 6.07) is 8.41. The molecule has 0 N–H and O–H groups in total. The van der Waals surface area contributed by atoms with E-state index in [-0.39, 0.29) is 18.0 Å². The predicted molar refractivity (Wildman–Crippen MR) is 70.5 cm³/mol. The van der Waals surface area contributed by atoms with Crippen LogP contribution in [0.5, 0.6) is 0 Å². The van der Waals surface area contributed by atoms with Crippen molar-refractivity contribution in [3.63, 3.8) is 0 Å². The molecule has 1 unspecified atom stereocenters. The van der Waals surface area contributed by atoms with Crippen LogP contribution in [0.25, 0.3) is 0 Å². The molecule has 0 bridgehead atoms. The number of epoxide rings is 1. The monoisotopic (exact) mass is 250 g/mol. The van der Waals surface area contributed by atoms with Crippen molar-refractivity contribution in [2.45, 2.75) is 45.7 Å². The fraction of sp³-hybridized carbons (Fsp3) is 0.600. The topological polar surface area (TPSA) is 31.0 Å². The fourth-order valence-corrected chi connectivity index (χ4v) is 2.05. The third-order valence-electron chi connectivity index (χ3n) is 3.26. The summed E-state index contributed by atoms with van der Waals surface area (Å²) in [5, 5.41) is 0. The first-order chi connectivity index (χ1) is 8.55. The summed E-state index contributed by atoms with van der Waals surface area (Å²) < 4.78 is 17.0. The summed E-state index contributed by atoms with van der Waals surface area (Å²) in [6.45, 7) is 9.45. The van der Waals surface area contributed by atoms with Crippen molar-refractivity contribution in [1.82, 2.24) is 0 Å². The third-order valence-corrected chi connectivity index (χ3v) is 3.26. The van der Waals surface area contributed by atoms with Crippen molar-refractivity contribution in [2.24, 2.45) is 0 Å². The number of benzene rings is 1. The summed E-state index contributed by atoms with van der Waals surface area (Å²) in [5.74, 6) is 0. The molecule has 18 heavy (non-hydrogen) atoms. The Balaban J connectivity index is 2.13. The highest BCUT2D eigenvalue weighted by Crippen LogP contribution is 2.42. The highest BCUT2D eigenvalue weighted by molar-refractivity contribution is 5.26. The average molecular weight is 250 g/mol. The van der Waals surface area contributed by atoms with Crippen molar-refractivity contribution in [3.8, 4) is 0 Å². The standard InChI is InChI=1S/C15H22O3/c1-5-16-12(3)18-14(15(4)10-17-15)13-8-6-11(2)7-9-13/h6-9,12,14H,5,10H2,1-4H3/t12?,14-,15+/m1/s1. The van der Waals surface area contributed by atoms with Gasteiger partial charge in [-0.1, -0.05) is 29.8 Å². The molecule has 1 aliphatic heterocycles. The lowest BCUT2D eigenvalue weighted by atomic mass is 9.97. The van der Waals surface area contributed by atoms with Gasteiger partial charge in [0.15, 0.2) is 6.29 Å². The van der Waals surface area contributed by atoms with Gasteiger partial charge in [0.1, 0.15) is 11.7 Å². The van der Waals surface area contributed by atoms with E-state index in [1.807, 2.05) is 13.8 Å². The lowest BCUT2D eigenvalue weighted by Crippen LogP contribution is -2.27. The number of aryl methyl sites for hydroxylation is 1. The van der Waals surface area contributed by atoms with Gasteiger partial charge in [-0.3, -0.25) is 0 Å². The minimum Gasteiger partial charge on any atom is -0.367 e. The van der Waals surface area contributed by atoms with Crippen LogP contribution in [0.3, 0.4) is 0 Å². The Bertz CT molecular complexity index is 381. The number of rotatable bonds is 6.